The fraction of sp³-hybridized carbons (Fsp3) is 0.214. The summed E-state index contributed by atoms with van der Waals surface area (Å²) in [7, 11) is 3.91. The van der Waals surface area contributed by atoms with E-state index < -0.39 is 0 Å². The van der Waals surface area contributed by atoms with E-state index in [0.29, 0.717) is 0 Å². The van der Waals surface area contributed by atoms with Gasteiger partial charge in [-0.25, -0.2) is 4.98 Å². The van der Waals surface area contributed by atoms with Crippen LogP contribution in [0.4, 0.5) is 0 Å². The first-order valence-corrected chi connectivity index (χ1v) is 6.15. The first kappa shape index (κ1) is 11.8. The van der Waals surface area contributed by atoms with E-state index in [0.717, 1.165) is 22.4 Å². The van der Waals surface area contributed by atoms with Gasteiger partial charge < -0.3 is 9.88 Å². The van der Waals surface area contributed by atoms with Crippen LogP contribution in [0.1, 0.15) is 17.4 Å². The summed E-state index contributed by atoms with van der Waals surface area (Å²) in [6.07, 6.45) is 7.17. The lowest BCUT2D eigenvalue weighted by atomic mass is 10.0. The van der Waals surface area contributed by atoms with E-state index in [1.165, 1.54) is 0 Å². The average Bonchev–Trinajstić information content (AvgIpc) is 2.86. The normalized spacial score (nSPS) is 12.7. The molecule has 1 unspecified atom stereocenters. The summed E-state index contributed by atoms with van der Waals surface area (Å²) < 4.78 is 2.01. The van der Waals surface area contributed by atoms with E-state index in [2.05, 4.69) is 26.3 Å². The molecule has 1 aromatic carbocycles. The SMILES string of the molecule is CNC(c1cccc2nccnc12)c1nccn1C. The molecule has 2 heterocycles. The minimum atomic E-state index is 0.000370. The van der Waals surface area contributed by atoms with Crippen LogP contribution in [0.25, 0.3) is 11.0 Å². The second kappa shape index (κ2) is 4.78. The number of aromatic nitrogens is 4. The van der Waals surface area contributed by atoms with Crippen LogP contribution >= 0.6 is 0 Å². The van der Waals surface area contributed by atoms with E-state index in [1.54, 1.807) is 18.6 Å². The lowest BCUT2D eigenvalue weighted by Crippen LogP contribution is -2.21. The highest BCUT2D eigenvalue weighted by atomic mass is 15.1. The molecule has 0 spiro atoms. The van der Waals surface area contributed by atoms with Gasteiger partial charge in [-0.2, -0.15) is 0 Å². The van der Waals surface area contributed by atoms with E-state index >= 15 is 0 Å². The van der Waals surface area contributed by atoms with Gasteiger partial charge in [0.15, 0.2) is 0 Å². The maximum atomic E-state index is 4.45. The third-order valence-corrected chi connectivity index (χ3v) is 3.25. The third kappa shape index (κ3) is 1.98. The van der Waals surface area contributed by atoms with E-state index in [4.69, 9.17) is 0 Å². The molecular weight excluding hydrogens is 238 g/mol. The average molecular weight is 253 g/mol. The fourth-order valence-corrected chi connectivity index (χ4v) is 2.33. The van der Waals surface area contributed by atoms with Crippen molar-refractivity contribution in [1.29, 1.82) is 0 Å². The Morgan fingerprint density at radius 1 is 1.11 bits per heavy atom. The second-order valence-electron chi connectivity index (χ2n) is 4.39. The van der Waals surface area contributed by atoms with Crippen molar-refractivity contribution >= 4 is 11.0 Å². The molecule has 2 aromatic heterocycles. The number of imidazole rings is 1. The Balaban J connectivity index is 2.20. The number of hydrogen-bond donors (Lipinski definition) is 1. The van der Waals surface area contributed by atoms with E-state index in [1.807, 2.05) is 37.0 Å². The molecule has 3 rings (SSSR count). The Kier molecular flexibility index (Phi) is 2.97. The van der Waals surface area contributed by atoms with Gasteiger partial charge in [-0.15, -0.1) is 0 Å². The van der Waals surface area contributed by atoms with Gasteiger partial charge in [0.05, 0.1) is 17.1 Å². The fourth-order valence-electron chi connectivity index (χ4n) is 2.33. The number of nitrogens with one attached hydrogen (secondary N) is 1. The van der Waals surface area contributed by atoms with Crippen molar-refractivity contribution in [2.45, 2.75) is 6.04 Å². The van der Waals surface area contributed by atoms with Gasteiger partial charge >= 0.3 is 0 Å². The number of nitrogens with zero attached hydrogens (tertiary/aromatic N) is 4. The van der Waals surface area contributed by atoms with Crippen molar-refractivity contribution < 1.29 is 0 Å². The molecule has 0 aliphatic heterocycles. The highest BCUT2D eigenvalue weighted by Crippen LogP contribution is 2.25. The van der Waals surface area contributed by atoms with Crippen LogP contribution in [0.15, 0.2) is 43.0 Å². The van der Waals surface area contributed by atoms with Gasteiger partial charge in [-0.1, -0.05) is 12.1 Å². The highest BCUT2D eigenvalue weighted by Gasteiger charge is 2.19. The number of hydrogen-bond acceptors (Lipinski definition) is 4. The molecule has 0 amide bonds. The molecule has 0 radical (unpaired) electrons. The number of rotatable bonds is 3. The Hall–Kier alpha value is -2.27. The zero-order valence-corrected chi connectivity index (χ0v) is 10.9. The third-order valence-electron chi connectivity index (χ3n) is 3.25. The van der Waals surface area contributed by atoms with Crippen molar-refractivity contribution in [1.82, 2.24) is 24.8 Å². The maximum Gasteiger partial charge on any atom is 0.130 e. The molecule has 0 fully saturated rings. The zero-order chi connectivity index (χ0) is 13.2. The van der Waals surface area contributed by atoms with Crippen molar-refractivity contribution in [3.8, 4) is 0 Å². The van der Waals surface area contributed by atoms with Gasteiger partial charge in [0.25, 0.3) is 0 Å². The molecule has 0 aliphatic carbocycles. The lowest BCUT2D eigenvalue weighted by molar-refractivity contribution is 0.620. The van der Waals surface area contributed by atoms with Crippen molar-refractivity contribution in [3.63, 3.8) is 0 Å². The predicted octanol–water partition coefficient (Wildman–Crippen LogP) is 1.67. The van der Waals surface area contributed by atoms with Crippen LogP contribution in [0.2, 0.25) is 0 Å². The van der Waals surface area contributed by atoms with Crippen LogP contribution in [0.5, 0.6) is 0 Å². The van der Waals surface area contributed by atoms with Crippen LogP contribution < -0.4 is 5.32 Å². The minimum absolute atomic E-state index is 0.000370. The number of benzene rings is 1. The molecule has 0 aliphatic rings. The maximum absolute atomic E-state index is 4.45. The largest absolute Gasteiger partial charge is 0.336 e. The molecule has 1 atom stereocenters. The summed E-state index contributed by atoms with van der Waals surface area (Å²) in [5, 5.41) is 3.30. The van der Waals surface area contributed by atoms with Crippen molar-refractivity contribution in [2.75, 3.05) is 7.05 Å². The van der Waals surface area contributed by atoms with Crippen molar-refractivity contribution in [3.05, 3.63) is 54.4 Å². The standard InChI is InChI=1S/C14H15N5/c1-15-13(14-18-8-9-19(14)2)10-4-3-5-11-12(10)17-7-6-16-11/h3-9,13,15H,1-2H3. The Labute approximate surface area is 111 Å². The monoisotopic (exact) mass is 253 g/mol. The molecule has 96 valence electrons. The molecular formula is C14H15N5. The molecule has 0 saturated heterocycles. The van der Waals surface area contributed by atoms with Gasteiger partial charge in [0.2, 0.25) is 0 Å². The molecule has 1 N–H and O–H groups in total. The number of para-hydroxylation sites is 1. The van der Waals surface area contributed by atoms with Gasteiger partial charge in [-0.3, -0.25) is 9.97 Å². The number of aryl methyl sites for hydroxylation is 1. The molecule has 3 aromatic rings. The predicted molar refractivity (Wildman–Crippen MR) is 73.6 cm³/mol. The first-order valence-electron chi connectivity index (χ1n) is 6.15. The van der Waals surface area contributed by atoms with Crippen molar-refractivity contribution in [2.24, 2.45) is 7.05 Å². The topological polar surface area (TPSA) is 55.6 Å². The minimum Gasteiger partial charge on any atom is -0.336 e. The summed E-state index contributed by atoms with van der Waals surface area (Å²) in [5.74, 6) is 0.959. The molecule has 5 heteroatoms. The van der Waals surface area contributed by atoms with Gasteiger partial charge in [0.1, 0.15) is 5.82 Å². The molecule has 5 nitrogen and oxygen atoms in total. The summed E-state index contributed by atoms with van der Waals surface area (Å²) >= 11 is 0. The second-order valence-corrected chi connectivity index (χ2v) is 4.39. The van der Waals surface area contributed by atoms with Crippen LogP contribution in [-0.4, -0.2) is 26.6 Å². The Morgan fingerprint density at radius 3 is 2.68 bits per heavy atom. The van der Waals surface area contributed by atoms with Crippen LogP contribution in [0.3, 0.4) is 0 Å². The summed E-state index contributed by atoms with van der Waals surface area (Å²) in [5.41, 5.74) is 2.89. The van der Waals surface area contributed by atoms with Gasteiger partial charge in [0, 0.05) is 37.4 Å². The van der Waals surface area contributed by atoms with E-state index in [-0.39, 0.29) is 6.04 Å². The first-order chi connectivity index (χ1) is 9.31. The Bertz CT molecular complexity index is 698. The lowest BCUT2D eigenvalue weighted by Gasteiger charge is -2.17. The summed E-state index contributed by atoms with van der Waals surface area (Å²) in [6.45, 7) is 0. The molecule has 0 bridgehead atoms. The van der Waals surface area contributed by atoms with Crippen LogP contribution in [0, 0.1) is 0 Å². The highest BCUT2D eigenvalue weighted by molar-refractivity contribution is 5.78. The van der Waals surface area contributed by atoms with Crippen LogP contribution in [-0.2, 0) is 7.05 Å². The van der Waals surface area contributed by atoms with Gasteiger partial charge in [-0.05, 0) is 13.1 Å². The number of fused-ring (bicyclic) bond motifs is 1. The molecule has 0 saturated carbocycles. The summed E-state index contributed by atoms with van der Waals surface area (Å²) in [6, 6.07) is 6.03. The zero-order valence-electron chi connectivity index (χ0n) is 10.9. The quantitative estimate of drug-likeness (QED) is 0.771. The Morgan fingerprint density at radius 2 is 1.95 bits per heavy atom. The smallest absolute Gasteiger partial charge is 0.130 e. The molecule has 19 heavy (non-hydrogen) atoms. The van der Waals surface area contributed by atoms with E-state index in [9.17, 15) is 0 Å². The summed E-state index contributed by atoms with van der Waals surface area (Å²) in [4.78, 5) is 13.2.